The first-order chi connectivity index (χ1) is 17.9. The molecule has 2 aromatic carbocycles. The van der Waals surface area contributed by atoms with E-state index in [2.05, 4.69) is 15.4 Å². The monoisotopic (exact) mass is 560 g/mol. The highest BCUT2D eigenvalue weighted by atomic mass is 32.2. The molecule has 3 aromatic rings. The van der Waals surface area contributed by atoms with Gasteiger partial charge in [0.1, 0.15) is 11.0 Å². The minimum Gasteiger partial charge on any atom is -0.453 e. The largest absolute Gasteiger partial charge is 0.453 e. The average Bonchev–Trinajstić information content (AvgIpc) is 3.26. The van der Waals surface area contributed by atoms with E-state index in [1.54, 1.807) is 24.3 Å². The number of carbonyl (C=O) groups is 2. The Kier molecular flexibility index (Phi) is 9.47. The van der Waals surface area contributed by atoms with Crippen molar-refractivity contribution in [1.29, 1.82) is 0 Å². The summed E-state index contributed by atoms with van der Waals surface area (Å²) in [5.74, 6) is -0.400. The second kappa shape index (κ2) is 12.4. The van der Waals surface area contributed by atoms with Crippen LogP contribution in [0.4, 0.5) is 15.5 Å². The fraction of sp³-hybridized carbons (Fsp3) is 0.346. The third kappa shape index (κ3) is 8.54. The van der Waals surface area contributed by atoms with Crippen LogP contribution in [0.15, 0.2) is 54.6 Å². The first-order valence-corrected chi connectivity index (χ1v) is 14.1. The summed E-state index contributed by atoms with van der Waals surface area (Å²) < 4.78 is 38.6. The number of para-hydroxylation sites is 1. The molecule has 1 atom stereocenters. The van der Waals surface area contributed by atoms with Gasteiger partial charge in [-0.25, -0.2) is 9.78 Å². The smallest absolute Gasteiger partial charge is 0.407 e. The fourth-order valence-electron chi connectivity index (χ4n) is 3.74. The SMILES string of the molecule is COC(=O)N[C@@H](Cc1ccccc1)C(=O)Nc1sc(CCc2ccccc2NS(=O)(=O)O)nc1C(C)(C)C. The van der Waals surface area contributed by atoms with Gasteiger partial charge < -0.3 is 15.4 Å². The molecule has 0 radical (unpaired) electrons. The predicted octanol–water partition coefficient (Wildman–Crippen LogP) is 4.35. The maximum atomic E-state index is 13.3. The van der Waals surface area contributed by atoms with Crippen LogP contribution in [-0.2, 0) is 44.5 Å². The highest BCUT2D eigenvalue weighted by molar-refractivity contribution is 7.87. The minimum atomic E-state index is -4.41. The molecule has 0 saturated heterocycles. The summed E-state index contributed by atoms with van der Waals surface area (Å²) in [6.45, 7) is 5.96. The predicted molar refractivity (Wildman–Crippen MR) is 148 cm³/mol. The number of ether oxygens (including phenoxy) is 1. The van der Waals surface area contributed by atoms with Gasteiger partial charge in [-0.15, -0.1) is 11.3 Å². The van der Waals surface area contributed by atoms with Gasteiger partial charge in [-0.1, -0.05) is 69.3 Å². The van der Waals surface area contributed by atoms with Gasteiger partial charge in [0.15, 0.2) is 0 Å². The molecule has 12 heteroatoms. The molecule has 0 aliphatic carbocycles. The highest BCUT2D eigenvalue weighted by Gasteiger charge is 2.28. The summed E-state index contributed by atoms with van der Waals surface area (Å²) in [5, 5.41) is 6.87. The quantitative estimate of drug-likeness (QED) is 0.270. The van der Waals surface area contributed by atoms with E-state index in [1.807, 2.05) is 51.1 Å². The van der Waals surface area contributed by atoms with Gasteiger partial charge in [0.25, 0.3) is 0 Å². The summed E-state index contributed by atoms with van der Waals surface area (Å²) in [7, 11) is -3.17. The van der Waals surface area contributed by atoms with Crippen LogP contribution in [0.1, 0.15) is 42.6 Å². The van der Waals surface area contributed by atoms with E-state index in [0.717, 1.165) is 10.6 Å². The number of anilines is 2. The molecule has 10 nitrogen and oxygen atoms in total. The van der Waals surface area contributed by atoms with Crippen LogP contribution in [0.5, 0.6) is 0 Å². The van der Waals surface area contributed by atoms with Gasteiger partial charge in [0.2, 0.25) is 5.91 Å². The standard InChI is InChI=1S/C26H32N4O6S2/c1-26(2,3)22-24(29-23(31)20(27-25(32)36-4)16-17-10-6-5-7-11-17)37-21(28-22)15-14-18-12-8-9-13-19(18)30-38(33,34)35/h5-13,20,30H,14-16H2,1-4H3,(H,27,32)(H,29,31)(H,33,34,35)/t20-/m0/s1. The lowest BCUT2D eigenvalue weighted by Crippen LogP contribution is -2.45. The molecule has 0 fully saturated rings. The number of hydrogen-bond donors (Lipinski definition) is 4. The van der Waals surface area contributed by atoms with E-state index < -0.39 is 28.3 Å². The summed E-state index contributed by atoms with van der Waals surface area (Å²) in [4.78, 5) is 30.1. The Morgan fingerprint density at radius 2 is 1.71 bits per heavy atom. The Labute approximate surface area is 226 Å². The molecule has 1 aromatic heterocycles. The number of aromatic nitrogens is 1. The van der Waals surface area contributed by atoms with E-state index in [9.17, 15) is 22.6 Å². The summed E-state index contributed by atoms with van der Waals surface area (Å²) >= 11 is 1.33. The molecule has 0 unspecified atom stereocenters. The molecule has 2 amide bonds. The summed E-state index contributed by atoms with van der Waals surface area (Å²) in [6.07, 6.45) is 0.487. The van der Waals surface area contributed by atoms with Crippen molar-refractivity contribution in [1.82, 2.24) is 10.3 Å². The fourth-order valence-corrected chi connectivity index (χ4v) is 5.40. The number of rotatable bonds is 10. The Morgan fingerprint density at radius 1 is 1.05 bits per heavy atom. The molecule has 38 heavy (non-hydrogen) atoms. The molecular formula is C26H32N4O6S2. The van der Waals surface area contributed by atoms with Crippen LogP contribution in [0.25, 0.3) is 0 Å². The minimum absolute atomic E-state index is 0.274. The number of aryl methyl sites for hydroxylation is 2. The van der Waals surface area contributed by atoms with Crippen LogP contribution in [0.2, 0.25) is 0 Å². The number of alkyl carbamates (subject to hydrolysis) is 1. The van der Waals surface area contributed by atoms with E-state index in [1.165, 1.54) is 18.4 Å². The van der Waals surface area contributed by atoms with E-state index in [0.29, 0.717) is 29.1 Å². The molecule has 4 N–H and O–H groups in total. The van der Waals surface area contributed by atoms with Gasteiger partial charge in [-0.2, -0.15) is 8.42 Å². The number of carbonyl (C=O) groups excluding carboxylic acids is 2. The first kappa shape index (κ1) is 29.1. The Hall–Kier alpha value is -3.48. The first-order valence-electron chi connectivity index (χ1n) is 11.9. The summed E-state index contributed by atoms with van der Waals surface area (Å²) in [5.41, 5.74) is 2.17. The zero-order chi connectivity index (χ0) is 27.9. The molecule has 0 aliphatic heterocycles. The van der Waals surface area contributed by atoms with Crippen molar-refractivity contribution in [3.05, 3.63) is 76.4 Å². The second-order valence-electron chi connectivity index (χ2n) is 9.64. The number of amides is 2. The lowest BCUT2D eigenvalue weighted by Gasteiger charge is -2.20. The van der Waals surface area contributed by atoms with Crippen LogP contribution in [-0.4, -0.2) is 43.1 Å². The zero-order valence-corrected chi connectivity index (χ0v) is 23.3. The number of nitrogens with one attached hydrogen (secondary N) is 3. The van der Waals surface area contributed by atoms with E-state index in [4.69, 9.17) is 9.72 Å². The summed E-state index contributed by atoms with van der Waals surface area (Å²) in [6, 6.07) is 15.2. The van der Waals surface area contributed by atoms with Crippen molar-refractivity contribution in [3.8, 4) is 0 Å². The zero-order valence-electron chi connectivity index (χ0n) is 21.6. The number of hydrogen-bond acceptors (Lipinski definition) is 7. The number of methoxy groups -OCH3 is 1. The average molecular weight is 561 g/mol. The van der Waals surface area contributed by atoms with Gasteiger partial charge in [0.05, 0.1) is 23.5 Å². The van der Waals surface area contributed by atoms with E-state index in [-0.39, 0.29) is 17.5 Å². The maximum absolute atomic E-state index is 13.3. The van der Waals surface area contributed by atoms with Gasteiger partial charge in [-0.3, -0.25) is 14.1 Å². The van der Waals surface area contributed by atoms with Crippen molar-refractivity contribution >= 4 is 44.3 Å². The Bertz CT molecular complexity index is 1370. The second-order valence-corrected chi connectivity index (χ2v) is 11.9. The van der Waals surface area contributed by atoms with Crippen LogP contribution in [0.3, 0.4) is 0 Å². The van der Waals surface area contributed by atoms with Crippen molar-refractivity contribution in [2.75, 3.05) is 17.1 Å². The molecule has 0 saturated carbocycles. The van der Waals surface area contributed by atoms with Gasteiger partial charge in [-0.05, 0) is 23.6 Å². The normalized spacial score (nSPS) is 12.4. The van der Waals surface area contributed by atoms with Crippen LogP contribution < -0.4 is 15.4 Å². The van der Waals surface area contributed by atoms with E-state index >= 15 is 0 Å². The molecule has 1 heterocycles. The number of nitrogens with zero attached hydrogens (tertiary/aromatic N) is 1. The molecule has 0 aliphatic rings. The molecular weight excluding hydrogens is 528 g/mol. The Morgan fingerprint density at radius 3 is 2.34 bits per heavy atom. The molecule has 3 rings (SSSR count). The van der Waals surface area contributed by atoms with Gasteiger partial charge >= 0.3 is 16.4 Å². The van der Waals surface area contributed by atoms with Crippen molar-refractivity contribution in [3.63, 3.8) is 0 Å². The molecule has 0 spiro atoms. The molecule has 0 bridgehead atoms. The number of benzene rings is 2. The van der Waals surface area contributed by atoms with Crippen LogP contribution in [0, 0.1) is 0 Å². The highest BCUT2D eigenvalue weighted by Crippen LogP contribution is 2.35. The van der Waals surface area contributed by atoms with Crippen molar-refractivity contribution < 1.29 is 27.3 Å². The van der Waals surface area contributed by atoms with Gasteiger partial charge in [0, 0.05) is 18.3 Å². The number of thiazole rings is 1. The lowest BCUT2D eigenvalue weighted by atomic mass is 9.92. The Balaban J connectivity index is 1.82. The third-order valence-corrected chi connectivity index (χ3v) is 7.07. The van der Waals surface area contributed by atoms with Crippen LogP contribution >= 0.6 is 11.3 Å². The van der Waals surface area contributed by atoms with Crippen molar-refractivity contribution in [2.45, 2.75) is 51.5 Å². The molecule has 204 valence electrons. The maximum Gasteiger partial charge on any atom is 0.407 e. The van der Waals surface area contributed by atoms with Crippen molar-refractivity contribution in [2.24, 2.45) is 0 Å². The lowest BCUT2D eigenvalue weighted by molar-refractivity contribution is -0.118. The third-order valence-electron chi connectivity index (χ3n) is 5.56. The topological polar surface area (TPSA) is 147 Å².